The van der Waals surface area contributed by atoms with Gasteiger partial charge in [0.15, 0.2) is 0 Å². The average molecular weight is 227 g/mol. The molecule has 1 amide bonds. The van der Waals surface area contributed by atoms with Gasteiger partial charge in [0, 0.05) is 13.1 Å². The van der Waals surface area contributed by atoms with E-state index >= 15 is 0 Å². The number of carbonyl (C=O) groups is 1. The average Bonchev–Trinajstić information content (AvgIpc) is 2.27. The molecule has 0 unspecified atom stereocenters. The van der Waals surface area contributed by atoms with Crippen LogP contribution in [0.2, 0.25) is 0 Å². The van der Waals surface area contributed by atoms with E-state index in [-0.39, 0.29) is 13.1 Å². The predicted octanol–water partition coefficient (Wildman–Crippen LogP) is 2.61. The molecule has 0 N–H and O–H groups in total. The monoisotopic (exact) mass is 227 g/mol. The molecule has 0 fully saturated rings. The third-order valence-electron chi connectivity index (χ3n) is 2.50. The van der Waals surface area contributed by atoms with Crippen LogP contribution in [0, 0.1) is 6.92 Å². The lowest BCUT2D eigenvalue weighted by Gasteiger charge is -2.21. The lowest BCUT2D eigenvalue weighted by molar-refractivity contribution is -0.143. The van der Waals surface area contributed by atoms with Crippen molar-refractivity contribution >= 4 is 5.91 Å². The maximum atomic E-state index is 12.3. The molecule has 4 heteroatoms. The zero-order valence-electron chi connectivity index (χ0n) is 9.41. The zero-order chi connectivity index (χ0) is 12.1. The molecule has 2 nitrogen and oxygen atoms in total. The molecule has 0 aromatic heterocycles. The number of benzene rings is 1. The van der Waals surface area contributed by atoms with Gasteiger partial charge >= 0.3 is 6.43 Å². The Morgan fingerprint density at radius 2 is 2.00 bits per heavy atom. The molecule has 1 aromatic rings. The number of nitrogens with zero attached hydrogens (tertiary/aromatic N) is 1. The second kappa shape index (κ2) is 5.58. The summed E-state index contributed by atoms with van der Waals surface area (Å²) < 4.78 is 24.6. The van der Waals surface area contributed by atoms with Crippen molar-refractivity contribution in [2.75, 3.05) is 6.54 Å². The van der Waals surface area contributed by atoms with E-state index in [1.54, 1.807) is 6.92 Å². The van der Waals surface area contributed by atoms with Crippen LogP contribution >= 0.6 is 0 Å². The Morgan fingerprint density at radius 1 is 1.38 bits per heavy atom. The molecule has 0 aliphatic rings. The van der Waals surface area contributed by atoms with Crippen LogP contribution in [-0.4, -0.2) is 23.8 Å². The smallest absolute Gasteiger partial charge is 0.315 e. The number of aryl methyl sites for hydroxylation is 1. The highest BCUT2D eigenvalue weighted by atomic mass is 19.3. The van der Waals surface area contributed by atoms with Crippen molar-refractivity contribution in [2.45, 2.75) is 26.8 Å². The maximum absolute atomic E-state index is 12.3. The second-order valence-corrected chi connectivity index (χ2v) is 3.58. The minimum atomic E-state index is -2.93. The van der Waals surface area contributed by atoms with Crippen LogP contribution in [0.1, 0.15) is 18.1 Å². The van der Waals surface area contributed by atoms with Crippen LogP contribution in [0.15, 0.2) is 24.3 Å². The Labute approximate surface area is 93.9 Å². The molecule has 0 aliphatic carbocycles. The fraction of sp³-hybridized carbons (Fsp3) is 0.417. The molecule has 1 rings (SSSR count). The maximum Gasteiger partial charge on any atom is 0.315 e. The zero-order valence-corrected chi connectivity index (χ0v) is 9.41. The summed E-state index contributed by atoms with van der Waals surface area (Å²) in [4.78, 5) is 12.3. The molecular formula is C12H15F2NO. The molecule has 0 atom stereocenters. The first kappa shape index (κ1) is 12.6. The van der Waals surface area contributed by atoms with Crippen molar-refractivity contribution < 1.29 is 13.6 Å². The topological polar surface area (TPSA) is 20.3 Å². The third kappa shape index (κ3) is 3.02. The Balaban J connectivity index is 2.78. The molecule has 16 heavy (non-hydrogen) atoms. The summed E-state index contributed by atoms with van der Waals surface area (Å²) in [5.74, 6) is -1.11. The van der Waals surface area contributed by atoms with Gasteiger partial charge in [0.2, 0.25) is 0 Å². The molecule has 0 saturated carbocycles. The van der Waals surface area contributed by atoms with E-state index in [1.165, 1.54) is 0 Å². The standard InChI is InChI=1S/C12H15F2NO/c1-3-15(12(16)11(13)14)8-10-7-5-4-6-9(10)2/h4-7,11H,3,8H2,1-2H3. The number of carbonyl (C=O) groups excluding carboxylic acids is 1. The molecule has 0 aliphatic heterocycles. The van der Waals surface area contributed by atoms with Gasteiger partial charge in [-0.1, -0.05) is 24.3 Å². The van der Waals surface area contributed by atoms with Gasteiger partial charge in [-0.3, -0.25) is 4.79 Å². The van der Waals surface area contributed by atoms with Crippen LogP contribution in [0.4, 0.5) is 8.78 Å². The first-order chi connectivity index (χ1) is 7.56. The second-order valence-electron chi connectivity index (χ2n) is 3.58. The van der Waals surface area contributed by atoms with Crippen LogP contribution in [0.3, 0.4) is 0 Å². The Kier molecular flexibility index (Phi) is 4.40. The Hall–Kier alpha value is -1.45. The van der Waals surface area contributed by atoms with Crippen molar-refractivity contribution in [3.8, 4) is 0 Å². The molecule has 0 bridgehead atoms. The normalized spacial score (nSPS) is 10.6. The molecule has 88 valence electrons. The third-order valence-corrected chi connectivity index (χ3v) is 2.50. The van der Waals surface area contributed by atoms with Crippen molar-refractivity contribution in [2.24, 2.45) is 0 Å². The molecule has 0 heterocycles. The fourth-order valence-corrected chi connectivity index (χ4v) is 1.48. The van der Waals surface area contributed by atoms with Gasteiger partial charge in [-0.25, -0.2) is 0 Å². The minimum absolute atomic E-state index is 0.242. The van der Waals surface area contributed by atoms with Gasteiger partial charge in [0.05, 0.1) is 0 Å². The number of halogens is 2. The van der Waals surface area contributed by atoms with Gasteiger partial charge in [-0.2, -0.15) is 8.78 Å². The van der Waals surface area contributed by atoms with Crippen molar-refractivity contribution in [1.82, 2.24) is 4.90 Å². The first-order valence-corrected chi connectivity index (χ1v) is 5.17. The highest BCUT2D eigenvalue weighted by Gasteiger charge is 2.22. The molecule has 0 saturated heterocycles. The van der Waals surface area contributed by atoms with Gasteiger partial charge in [0.1, 0.15) is 0 Å². The summed E-state index contributed by atoms with van der Waals surface area (Å²) in [6.07, 6.45) is -2.93. The number of amides is 1. The number of rotatable bonds is 4. The molecule has 0 spiro atoms. The molecule has 1 aromatic carbocycles. The minimum Gasteiger partial charge on any atom is -0.334 e. The van der Waals surface area contributed by atoms with Gasteiger partial charge in [-0.05, 0) is 25.0 Å². The van der Waals surface area contributed by atoms with Crippen molar-refractivity contribution in [3.05, 3.63) is 35.4 Å². The van der Waals surface area contributed by atoms with Crippen molar-refractivity contribution in [1.29, 1.82) is 0 Å². The van der Waals surface area contributed by atoms with Gasteiger partial charge in [0.25, 0.3) is 5.91 Å². The number of hydrogen-bond donors (Lipinski definition) is 0. The van der Waals surface area contributed by atoms with E-state index in [1.807, 2.05) is 31.2 Å². The summed E-state index contributed by atoms with van der Waals surface area (Å²) in [6.45, 7) is 4.12. The lowest BCUT2D eigenvalue weighted by atomic mass is 10.1. The van der Waals surface area contributed by atoms with Gasteiger partial charge < -0.3 is 4.90 Å². The number of hydrogen-bond acceptors (Lipinski definition) is 1. The summed E-state index contributed by atoms with van der Waals surface area (Å²) in [6, 6.07) is 7.46. The molecular weight excluding hydrogens is 212 g/mol. The Morgan fingerprint density at radius 3 is 2.50 bits per heavy atom. The van der Waals surface area contributed by atoms with Crippen LogP contribution in [0.25, 0.3) is 0 Å². The highest BCUT2D eigenvalue weighted by Crippen LogP contribution is 2.12. The van der Waals surface area contributed by atoms with Crippen LogP contribution in [0.5, 0.6) is 0 Å². The molecule has 0 radical (unpaired) electrons. The van der Waals surface area contributed by atoms with E-state index in [2.05, 4.69) is 0 Å². The van der Waals surface area contributed by atoms with Crippen molar-refractivity contribution in [3.63, 3.8) is 0 Å². The summed E-state index contributed by atoms with van der Waals surface area (Å²) in [7, 11) is 0. The number of alkyl halides is 2. The predicted molar refractivity (Wildman–Crippen MR) is 58.3 cm³/mol. The fourth-order valence-electron chi connectivity index (χ4n) is 1.48. The van der Waals surface area contributed by atoms with E-state index in [0.717, 1.165) is 16.0 Å². The van der Waals surface area contributed by atoms with Gasteiger partial charge in [-0.15, -0.1) is 0 Å². The largest absolute Gasteiger partial charge is 0.334 e. The van der Waals surface area contributed by atoms with E-state index in [9.17, 15) is 13.6 Å². The SMILES string of the molecule is CCN(Cc1ccccc1C)C(=O)C(F)F. The van der Waals surface area contributed by atoms with E-state index in [0.29, 0.717) is 0 Å². The highest BCUT2D eigenvalue weighted by molar-refractivity contribution is 5.79. The first-order valence-electron chi connectivity index (χ1n) is 5.17. The van der Waals surface area contributed by atoms with Crippen LogP contribution in [-0.2, 0) is 11.3 Å². The summed E-state index contributed by atoms with van der Waals surface area (Å²) >= 11 is 0. The quantitative estimate of drug-likeness (QED) is 0.774. The summed E-state index contributed by atoms with van der Waals surface area (Å²) in [5, 5.41) is 0. The Bertz CT molecular complexity index is 366. The van der Waals surface area contributed by atoms with E-state index < -0.39 is 12.3 Å². The summed E-state index contributed by atoms with van der Waals surface area (Å²) in [5.41, 5.74) is 1.90. The van der Waals surface area contributed by atoms with E-state index in [4.69, 9.17) is 0 Å². The van der Waals surface area contributed by atoms with Crippen LogP contribution < -0.4 is 0 Å². The lowest BCUT2D eigenvalue weighted by Crippen LogP contribution is -2.35.